The van der Waals surface area contributed by atoms with Gasteiger partial charge in [-0.3, -0.25) is 0 Å². The summed E-state index contributed by atoms with van der Waals surface area (Å²) in [7, 11) is 1.64. The molecule has 0 atom stereocenters. The fourth-order valence-electron chi connectivity index (χ4n) is 3.78. The summed E-state index contributed by atoms with van der Waals surface area (Å²) < 4.78 is 25.9. The smallest absolute Gasteiger partial charge is 0.187 e. The van der Waals surface area contributed by atoms with Crippen molar-refractivity contribution in [2.24, 2.45) is 0 Å². The average Bonchev–Trinajstić information content (AvgIpc) is 3.43. The number of aromatic nitrogens is 6. The molecule has 2 aromatic carbocycles. The predicted molar refractivity (Wildman–Crippen MR) is 122 cm³/mol. The molecule has 0 fully saturated rings. The van der Waals surface area contributed by atoms with Crippen molar-refractivity contribution in [1.29, 1.82) is 0 Å². The van der Waals surface area contributed by atoms with Gasteiger partial charge in [-0.1, -0.05) is 5.21 Å². The summed E-state index contributed by atoms with van der Waals surface area (Å²) in [6.07, 6.45) is 5.96. The first-order valence-electron chi connectivity index (χ1n) is 10.8. The van der Waals surface area contributed by atoms with Crippen LogP contribution in [0.3, 0.4) is 0 Å². The summed E-state index contributed by atoms with van der Waals surface area (Å²) in [5.74, 6) is 1.25. The van der Waals surface area contributed by atoms with Crippen molar-refractivity contribution in [3.63, 3.8) is 0 Å². The molecule has 3 aromatic heterocycles. The minimum atomic E-state index is -0.229. The quantitative estimate of drug-likeness (QED) is 0.344. The summed E-state index contributed by atoms with van der Waals surface area (Å²) in [4.78, 5) is 12.3. The van der Waals surface area contributed by atoms with Crippen LogP contribution in [0.15, 0.2) is 54.9 Å². The molecule has 9 heteroatoms. The highest BCUT2D eigenvalue weighted by Crippen LogP contribution is 2.22. The highest BCUT2D eigenvalue weighted by Gasteiger charge is 2.11. The second-order valence-corrected chi connectivity index (χ2v) is 7.69. The second kappa shape index (κ2) is 9.33. The van der Waals surface area contributed by atoms with Crippen LogP contribution in [-0.4, -0.2) is 50.3 Å². The lowest BCUT2D eigenvalue weighted by Gasteiger charge is -2.07. The lowest BCUT2D eigenvalue weighted by atomic mass is 10.1. The molecule has 5 aromatic rings. The number of aryl methyl sites for hydroxylation is 2. The summed E-state index contributed by atoms with van der Waals surface area (Å²) >= 11 is 0. The number of methoxy groups -OCH3 is 1. The van der Waals surface area contributed by atoms with Gasteiger partial charge in [-0.25, -0.2) is 14.4 Å². The van der Waals surface area contributed by atoms with Crippen molar-refractivity contribution in [2.75, 3.05) is 20.3 Å². The van der Waals surface area contributed by atoms with Crippen molar-refractivity contribution < 1.29 is 13.9 Å². The zero-order valence-electron chi connectivity index (χ0n) is 18.2. The first kappa shape index (κ1) is 21.0. The Kier molecular flexibility index (Phi) is 5.95. The monoisotopic (exact) mass is 446 g/mol. The van der Waals surface area contributed by atoms with Crippen molar-refractivity contribution >= 4 is 22.1 Å². The van der Waals surface area contributed by atoms with Crippen molar-refractivity contribution in [1.82, 2.24) is 29.9 Å². The van der Waals surface area contributed by atoms with Gasteiger partial charge in [0, 0.05) is 30.6 Å². The van der Waals surface area contributed by atoms with E-state index in [4.69, 9.17) is 14.5 Å². The number of aromatic amines is 1. The van der Waals surface area contributed by atoms with Gasteiger partial charge in [0.2, 0.25) is 0 Å². The molecule has 0 amide bonds. The summed E-state index contributed by atoms with van der Waals surface area (Å²) in [6.45, 7) is 1.03. The molecule has 33 heavy (non-hydrogen) atoms. The standard InChI is InChI=1S/C24H23FN6O2/c1-32-11-12-33-19-8-6-18(7-9-19)31-24-22(29-30-31)15-27-23(28-24)4-2-3-16-14-26-21-10-5-17(25)13-20(16)21/h5-10,13-15,26H,2-4,11-12H2,1H3. The Bertz CT molecular complexity index is 1380. The van der Waals surface area contributed by atoms with Crippen LogP contribution in [0.4, 0.5) is 4.39 Å². The van der Waals surface area contributed by atoms with Crippen LogP contribution in [0.2, 0.25) is 0 Å². The van der Waals surface area contributed by atoms with Crippen LogP contribution in [0.1, 0.15) is 17.8 Å². The lowest BCUT2D eigenvalue weighted by molar-refractivity contribution is 0.146. The van der Waals surface area contributed by atoms with Gasteiger partial charge in [-0.15, -0.1) is 5.10 Å². The van der Waals surface area contributed by atoms with Gasteiger partial charge in [0.15, 0.2) is 11.2 Å². The number of benzene rings is 2. The molecular weight excluding hydrogens is 423 g/mol. The number of hydrogen-bond acceptors (Lipinski definition) is 6. The number of H-pyrrole nitrogens is 1. The Morgan fingerprint density at radius 1 is 1.06 bits per heavy atom. The molecule has 0 aliphatic rings. The number of rotatable bonds is 9. The number of halogens is 1. The van der Waals surface area contributed by atoms with Crippen LogP contribution in [0.5, 0.6) is 5.75 Å². The predicted octanol–water partition coefficient (Wildman–Crippen LogP) is 4.03. The van der Waals surface area contributed by atoms with Gasteiger partial charge < -0.3 is 14.5 Å². The number of fused-ring (bicyclic) bond motifs is 2. The molecule has 0 aliphatic carbocycles. The van der Waals surface area contributed by atoms with Crippen LogP contribution in [0.25, 0.3) is 27.8 Å². The molecule has 0 saturated carbocycles. The van der Waals surface area contributed by atoms with Crippen LogP contribution < -0.4 is 4.74 Å². The normalized spacial score (nSPS) is 11.5. The molecule has 0 aliphatic heterocycles. The van der Waals surface area contributed by atoms with Crippen molar-refractivity contribution in [3.8, 4) is 11.4 Å². The van der Waals surface area contributed by atoms with E-state index in [-0.39, 0.29) is 5.82 Å². The summed E-state index contributed by atoms with van der Waals surface area (Å²) in [5, 5.41) is 9.34. The first-order chi connectivity index (χ1) is 16.2. The Hall–Kier alpha value is -3.85. The molecule has 0 bridgehead atoms. The molecule has 3 heterocycles. The number of hydrogen-bond donors (Lipinski definition) is 1. The summed E-state index contributed by atoms with van der Waals surface area (Å²) in [5.41, 5.74) is 4.15. The maximum atomic E-state index is 13.6. The first-order valence-corrected chi connectivity index (χ1v) is 10.8. The van der Waals surface area contributed by atoms with Crippen LogP contribution >= 0.6 is 0 Å². The Morgan fingerprint density at radius 3 is 2.79 bits per heavy atom. The zero-order chi connectivity index (χ0) is 22.6. The van der Waals surface area contributed by atoms with E-state index in [9.17, 15) is 4.39 Å². The van der Waals surface area contributed by atoms with Gasteiger partial charge in [0.05, 0.1) is 18.5 Å². The summed E-state index contributed by atoms with van der Waals surface area (Å²) in [6, 6.07) is 12.4. The number of ether oxygens (including phenoxy) is 2. The molecule has 168 valence electrons. The van der Waals surface area contributed by atoms with Gasteiger partial charge >= 0.3 is 0 Å². The maximum Gasteiger partial charge on any atom is 0.187 e. The zero-order valence-corrected chi connectivity index (χ0v) is 18.2. The molecule has 1 N–H and O–H groups in total. The van der Waals surface area contributed by atoms with Crippen LogP contribution in [-0.2, 0) is 17.6 Å². The van der Waals surface area contributed by atoms with E-state index in [1.807, 2.05) is 30.5 Å². The Morgan fingerprint density at radius 2 is 1.94 bits per heavy atom. The Labute approximate surface area is 189 Å². The average molecular weight is 446 g/mol. The van der Waals surface area contributed by atoms with Gasteiger partial charge in [0.1, 0.15) is 24.0 Å². The molecule has 0 saturated heterocycles. The molecule has 0 spiro atoms. The fraction of sp³-hybridized carbons (Fsp3) is 0.250. The molecule has 5 rings (SSSR count). The highest BCUT2D eigenvalue weighted by atomic mass is 19.1. The lowest BCUT2D eigenvalue weighted by Crippen LogP contribution is -2.05. The fourth-order valence-corrected chi connectivity index (χ4v) is 3.78. The third kappa shape index (κ3) is 4.54. The minimum absolute atomic E-state index is 0.229. The topological polar surface area (TPSA) is 90.7 Å². The maximum absolute atomic E-state index is 13.6. The van der Waals surface area contributed by atoms with Crippen LogP contribution in [0, 0.1) is 5.82 Å². The highest BCUT2D eigenvalue weighted by molar-refractivity contribution is 5.83. The van der Waals surface area contributed by atoms with E-state index >= 15 is 0 Å². The van der Waals surface area contributed by atoms with Gasteiger partial charge in [-0.05, 0) is 60.9 Å². The van der Waals surface area contributed by atoms with E-state index in [1.165, 1.54) is 6.07 Å². The van der Waals surface area contributed by atoms with E-state index < -0.39 is 0 Å². The third-order valence-corrected chi connectivity index (χ3v) is 5.46. The largest absolute Gasteiger partial charge is 0.491 e. The third-order valence-electron chi connectivity index (χ3n) is 5.46. The van der Waals surface area contributed by atoms with Gasteiger partial charge in [0.25, 0.3) is 0 Å². The minimum Gasteiger partial charge on any atom is -0.491 e. The van der Waals surface area contributed by atoms with E-state index in [0.29, 0.717) is 30.8 Å². The SMILES string of the molecule is COCCOc1ccc(-n2nnc3cnc(CCCc4c[nH]c5ccc(F)cc45)nc32)cc1. The molecular formula is C24H23FN6O2. The second-order valence-electron chi connectivity index (χ2n) is 7.69. The Balaban J connectivity index is 1.29. The van der Waals surface area contributed by atoms with Gasteiger partial charge in [-0.2, -0.15) is 4.68 Å². The molecule has 0 unspecified atom stereocenters. The van der Waals surface area contributed by atoms with E-state index in [2.05, 4.69) is 20.3 Å². The number of nitrogens with one attached hydrogen (secondary N) is 1. The van der Waals surface area contributed by atoms with E-state index in [0.717, 1.165) is 46.6 Å². The molecule has 8 nitrogen and oxygen atoms in total. The van der Waals surface area contributed by atoms with Crippen molar-refractivity contribution in [3.05, 3.63) is 72.1 Å². The molecule has 0 radical (unpaired) electrons. The van der Waals surface area contributed by atoms with E-state index in [1.54, 1.807) is 30.1 Å². The van der Waals surface area contributed by atoms with Crippen molar-refractivity contribution in [2.45, 2.75) is 19.3 Å². The number of nitrogens with zero attached hydrogens (tertiary/aromatic N) is 5.